The van der Waals surface area contributed by atoms with Crippen molar-refractivity contribution in [1.82, 2.24) is 0 Å². The zero-order valence-electron chi connectivity index (χ0n) is 35.8. The topological polar surface area (TPSA) is 3.24 Å². The summed E-state index contributed by atoms with van der Waals surface area (Å²) in [6, 6.07) is 69.3. The van der Waals surface area contributed by atoms with E-state index in [9.17, 15) is 0 Å². The average molecular weight is 826 g/mol. The monoisotopic (exact) mass is 825 g/mol. The number of hydrogen-bond donors (Lipinski definition) is 0. The maximum atomic E-state index is 2.61. The molecule has 0 aliphatic heterocycles. The van der Waals surface area contributed by atoms with E-state index < -0.39 is 0 Å². The Morgan fingerprint density at radius 2 is 1.14 bits per heavy atom. The van der Waals surface area contributed by atoms with E-state index in [1.165, 1.54) is 147 Å². The lowest BCUT2D eigenvalue weighted by molar-refractivity contribution is 0.445. The first-order valence-electron chi connectivity index (χ1n) is 22.9. The van der Waals surface area contributed by atoms with Crippen molar-refractivity contribution in [3.05, 3.63) is 199 Å². The van der Waals surface area contributed by atoms with Gasteiger partial charge >= 0.3 is 0 Å². The van der Waals surface area contributed by atoms with E-state index >= 15 is 0 Å². The molecular weight excluding hydrogens is 779 g/mol. The van der Waals surface area contributed by atoms with E-state index in [2.05, 4.69) is 201 Å². The van der Waals surface area contributed by atoms with Gasteiger partial charge in [0.25, 0.3) is 0 Å². The van der Waals surface area contributed by atoms with E-state index in [4.69, 9.17) is 0 Å². The first-order valence-corrected chi connectivity index (χ1v) is 23.7. The number of para-hydroxylation sites is 1. The standard InChI is InChI=1S/C61H47NS/c1-61(2)53-28-9-6-23-47(53)48-33-32-41(37-54(48)61)44-22-7-10-29-55(44)62(43-21-12-20-40(34-43)46-26-15-31-57-59(46)50-24-8-11-30-56(50)63-57)60-51-35-42(51)36-52(60)49-27-14-19-39-18-13-25-45(58(39)49)38-16-4-3-5-17-38/h6-15,18-38H,3-5,16-17H2,1-2H3. The number of hydrogen-bond acceptors (Lipinski definition) is 2. The van der Waals surface area contributed by atoms with Crippen molar-refractivity contribution in [2.45, 2.75) is 57.3 Å². The van der Waals surface area contributed by atoms with E-state index in [1.54, 1.807) is 0 Å². The Hall–Kier alpha value is -6.74. The van der Waals surface area contributed by atoms with Gasteiger partial charge in [-0.05, 0) is 134 Å². The molecule has 1 fully saturated rings. The molecule has 4 aliphatic carbocycles. The second-order valence-corrected chi connectivity index (χ2v) is 19.7. The van der Waals surface area contributed by atoms with Gasteiger partial charge in [-0.1, -0.05) is 167 Å². The summed E-state index contributed by atoms with van der Waals surface area (Å²) in [6.07, 6.45) is 6.52. The maximum absolute atomic E-state index is 2.61. The van der Waals surface area contributed by atoms with Gasteiger partial charge in [-0.2, -0.15) is 0 Å². The molecule has 9 aromatic rings. The summed E-state index contributed by atoms with van der Waals surface area (Å²) in [6.45, 7) is 4.77. The van der Waals surface area contributed by atoms with Crippen LogP contribution in [0.3, 0.4) is 0 Å². The third-order valence-corrected chi connectivity index (χ3v) is 15.8. The van der Waals surface area contributed by atoms with Crippen molar-refractivity contribution < 1.29 is 0 Å². The van der Waals surface area contributed by atoms with Crippen molar-refractivity contribution in [3.8, 4) is 55.6 Å². The van der Waals surface area contributed by atoms with Crippen molar-refractivity contribution in [1.29, 1.82) is 0 Å². The molecule has 1 heterocycles. The molecule has 1 nitrogen and oxygen atoms in total. The number of rotatable bonds is 7. The van der Waals surface area contributed by atoms with E-state index in [-0.39, 0.29) is 5.41 Å². The van der Waals surface area contributed by atoms with Gasteiger partial charge in [0.2, 0.25) is 0 Å². The second kappa shape index (κ2) is 14.1. The van der Waals surface area contributed by atoms with Crippen LogP contribution < -0.4 is 4.90 Å². The van der Waals surface area contributed by atoms with Crippen LogP contribution in [0.5, 0.6) is 0 Å². The lowest BCUT2D eigenvalue weighted by Crippen LogP contribution is -2.15. The van der Waals surface area contributed by atoms with Crippen molar-refractivity contribution in [2.75, 3.05) is 4.90 Å². The largest absolute Gasteiger partial charge is 0.309 e. The van der Waals surface area contributed by atoms with Crippen LogP contribution in [0.25, 0.3) is 86.6 Å². The fourth-order valence-corrected chi connectivity index (χ4v) is 12.7. The van der Waals surface area contributed by atoms with Crippen LogP contribution >= 0.6 is 11.3 Å². The summed E-state index contributed by atoms with van der Waals surface area (Å²) in [4.78, 5) is 2.61. The molecule has 4 aliphatic rings. The molecule has 0 radical (unpaired) electrons. The molecule has 13 rings (SSSR count). The number of nitrogens with zero attached hydrogens (tertiary/aromatic N) is 1. The molecule has 1 saturated carbocycles. The van der Waals surface area contributed by atoms with E-state index in [0.717, 1.165) is 5.69 Å². The highest BCUT2D eigenvalue weighted by atomic mass is 32.1. The third kappa shape index (κ3) is 5.74. The summed E-state index contributed by atoms with van der Waals surface area (Å²) in [5.41, 5.74) is 20.8. The Balaban J connectivity index is 1.05. The lowest BCUT2D eigenvalue weighted by Gasteiger charge is -2.30. The van der Waals surface area contributed by atoms with Crippen LogP contribution in [0.2, 0.25) is 0 Å². The minimum Gasteiger partial charge on any atom is -0.309 e. The Kier molecular flexibility index (Phi) is 8.28. The molecular formula is C61H47NS. The van der Waals surface area contributed by atoms with Gasteiger partial charge < -0.3 is 4.90 Å². The van der Waals surface area contributed by atoms with Gasteiger partial charge in [-0.15, -0.1) is 11.3 Å². The molecule has 0 saturated heterocycles. The third-order valence-electron chi connectivity index (χ3n) is 14.7. The molecule has 2 heteroatoms. The highest BCUT2D eigenvalue weighted by Gasteiger charge is 2.36. The Labute approximate surface area is 373 Å². The summed E-state index contributed by atoms with van der Waals surface area (Å²) < 4.78 is 2.65. The van der Waals surface area contributed by atoms with Gasteiger partial charge in [-0.3, -0.25) is 0 Å². The minimum atomic E-state index is -0.0963. The molecule has 0 amide bonds. The fourth-order valence-electron chi connectivity index (χ4n) is 11.6. The summed E-state index contributed by atoms with van der Waals surface area (Å²) >= 11 is 1.89. The van der Waals surface area contributed by atoms with Gasteiger partial charge in [0.1, 0.15) is 0 Å². The van der Waals surface area contributed by atoms with Gasteiger partial charge in [0.15, 0.2) is 0 Å². The molecule has 0 atom stereocenters. The lowest BCUT2D eigenvalue weighted by atomic mass is 9.80. The number of fused-ring (bicyclic) bond motifs is 8. The Morgan fingerprint density at radius 3 is 2.05 bits per heavy atom. The minimum absolute atomic E-state index is 0.0963. The van der Waals surface area contributed by atoms with Crippen LogP contribution in [-0.4, -0.2) is 0 Å². The summed E-state index contributed by atoms with van der Waals surface area (Å²) in [5.74, 6) is 0.593. The number of anilines is 3. The van der Waals surface area contributed by atoms with Crippen LogP contribution in [0.4, 0.5) is 17.1 Å². The molecule has 0 spiro atoms. The molecule has 8 aromatic carbocycles. The van der Waals surface area contributed by atoms with Gasteiger partial charge in [0.05, 0.1) is 11.4 Å². The Bertz CT molecular complexity index is 3480. The van der Waals surface area contributed by atoms with Gasteiger partial charge in [-0.25, -0.2) is 0 Å². The maximum Gasteiger partial charge on any atom is 0.0619 e. The average Bonchev–Trinajstić information content (AvgIpc) is 3.75. The fraction of sp³-hybridized carbons (Fsp3) is 0.148. The summed E-state index contributed by atoms with van der Waals surface area (Å²) in [5, 5.41) is 5.42. The normalized spacial score (nSPS) is 14.9. The molecule has 0 bridgehead atoms. The van der Waals surface area contributed by atoms with Crippen molar-refractivity contribution in [2.24, 2.45) is 0 Å². The van der Waals surface area contributed by atoms with Crippen molar-refractivity contribution >= 4 is 59.3 Å². The van der Waals surface area contributed by atoms with Crippen LogP contribution in [-0.2, 0) is 5.41 Å². The smallest absolute Gasteiger partial charge is 0.0619 e. The SMILES string of the molecule is CC1(C)c2ccccc2-c2ccc(-c3ccccc3N(c3cccc(-c4cccc5sc6ccccc6c45)c3)c3c4cc-4cc3-c3cccc4cccc(C5CCCCC5)c34)cc21. The van der Waals surface area contributed by atoms with Crippen LogP contribution in [0, 0.1) is 0 Å². The van der Waals surface area contributed by atoms with Gasteiger partial charge in [0, 0.05) is 48.0 Å². The molecule has 1 aromatic heterocycles. The number of thiophene rings is 1. The first kappa shape index (κ1) is 36.9. The van der Waals surface area contributed by atoms with E-state index in [0.29, 0.717) is 5.92 Å². The predicted molar refractivity (Wildman–Crippen MR) is 270 cm³/mol. The second-order valence-electron chi connectivity index (χ2n) is 18.6. The predicted octanol–water partition coefficient (Wildman–Crippen LogP) is 18.0. The Morgan fingerprint density at radius 1 is 0.460 bits per heavy atom. The van der Waals surface area contributed by atoms with Crippen molar-refractivity contribution in [3.63, 3.8) is 0 Å². The quantitative estimate of drug-likeness (QED) is 0.155. The first-order chi connectivity index (χ1) is 31.0. The molecule has 0 unspecified atom stereocenters. The molecule has 0 N–H and O–H groups in total. The van der Waals surface area contributed by atoms with E-state index in [1.807, 2.05) is 11.3 Å². The highest BCUT2D eigenvalue weighted by molar-refractivity contribution is 7.25. The molecule has 63 heavy (non-hydrogen) atoms. The molecule has 302 valence electrons. The van der Waals surface area contributed by atoms with Crippen LogP contribution in [0.15, 0.2) is 182 Å². The number of benzene rings is 9. The zero-order valence-corrected chi connectivity index (χ0v) is 36.6. The zero-order chi connectivity index (χ0) is 41.8. The summed E-state index contributed by atoms with van der Waals surface area (Å²) in [7, 11) is 0. The van der Waals surface area contributed by atoms with Crippen LogP contribution in [0.1, 0.15) is 68.6 Å². The highest BCUT2D eigenvalue weighted by Crippen LogP contribution is 2.58.